The van der Waals surface area contributed by atoms with Crippen LogP contribution in [0.25, 0.3) is 11.0 Å². The zero-order valence-corrected chi connectivity index (χ0v) is 9.80. The van der Waals surface area contributed by atoms with E-state index in [1.807, 2.05) is 19.1 Å². The first kappa shape index (κ1) is 11.0. The summed E-state index contributed by atoms with van der Waals surface area (Å²) in [4.78, 5) is 11.2. The lowest BCUT2D eigenvalue weighted by Gasteiger charge is -1.99. The standard InChI is InChI=1S/C12H11ClO3/c1-7-3-11-9(5-10(7)13)8(6-16-11)4-12(14)15-2/h3,5-6H,4H2,1-2H3. The minimum atomic E-state index is -0.292. The molecule has 1 aromatic carbocycles. The predicted molar refractivity (Wildman–Crippen MR) is 61.7 cm³/mol. The van der Waals surface area contributed by atoms with Gasteiger partial charge in [-0.25, -0.2) is 0 Å². The zero-order valence-electron chi connectivity index (χ0n) is 9.04. The van der Waals surface area contributed by atoms with Crippen molar-refractivity contribution in [2.24, 2.45) is 0 Å². The third kappa shape index (κ3) is 1.91. The van der Waals surface area contributed by atoms with Gasteiger partial charge < -0.3 is 9.15 Å². The van der Waals surface area contributed by atoms with Gasteiger partial charge in [-0.2, -0.15) is 0 Å². The van der Waals surface area contributed by atoms with Gasteiger partial charge in [-0.1, -0.05) is 11.6 Å². The first-order chi connectivity index (χ1) is 7.61. The summed E-state index contributed by atoms with van der Waals surface area (Å²) in [6.45, 7) is 1.91. The minimum absolute atomic E-state index is 0.197. The summed E-state index contributed by atoms with van der Waals surface area (Å²) in [5.41, 5.74) is 2.48. The van der Waals surface area contributed by atoms with E-state index in [-0.39, 0.29) is 12.4 Å². The molecule has 0 saturated carbocycles. The van der Waals surface area contributed by atoms with Gasteiger partial charge in [-0.15, -0.1) is 0 Å². The Morgan fingerprint density at radius 1 is 1.50 bits per heavy atom. The zero-order chi connectivity index (χ0) is 11.7. The Morgan fingerprint density at radius 2 is 2.25 bits per heavy atom. The number of carbonyl (C=O) groups excluding carboxylic acids is 1. The molecular weight excluding hydrogens is 228 g/mol. The van der Waals surface area contributed by atoms with Crippen LogP contribution in [0.4, 0.5) is 0 Å². The first-order valence-corrected chi connectivity index (χ1v) is 5.22. The fourth-order valence-electron chi connectivity index (χ4n) is 1.57. The Balaban J connectivity index is 2.48. The lowest BCUT2D eigenvalue weighted by molar-refractivity contribution is -0.139. The van der Waals surface area contributed by atoms with Crippen LogP contribution in [0.2, 0.25) is 5.02 Å². The molecule has 16 heavy (non-hydrogen) atoms. The van der Waals surface area contributed by atoms with E-state index >= 15 is 0 Å². The molecule has 0 spiro atoms. The maximum absolute atomic E-state index is 11.2. The lowest BCUT2D eigenvalue weighted by Crippen LogP contribution is -2.03. The molecule has 0 unspecified atom stereocenters. The topological polar surface area (TPSA) is 39.4 Å². The number of aryl methyl sites for hydroxylation is 1. The van der Waals surface area contributed by atoms with Crippen molar-refractivity contribution in [3.05, 3.63) is 34.5 Å². The van der Waals surface area contributed by atoms with Gasteiger partial charge in [0.05, 0.1) is 19.8 Å². The average Bonchev–Trinajstić information content (AvgIpc) is 2.62. The molecule has 3 nitrogen and oxygen atoms in total. The molecule has 0 atom stereocenters. The van der Waals surface area contributed by atoms with Crippen LogP contribution in [0, 0.1) is 6.92 Å². The number of hydrogen-bond acceptors (Lipinski definition) is 3. The molecule has 0 saturated heterocycles. The summed E-state index contributed by atoms with van der Waals surface area (Å²) in [6, 6.07) is 3.67. The number of ether oxygens (including phenoxy) is 1. The van der Waals surface area contributed by atoms with Gasteiger partial charge in [-0.3, -0.25) is 4.79 Å². The number of esters is 1. The number of rotatable bonds is 2. The van der Waals surface area contributed by atoms with Crippen LogP contribution in [0.1, 0.15) is 11.1 Å². The number of fused-ring (bicyclic) bond motifs is 1. The van der Waals surface area contributed by atoms with Gasteiger partial charge in [0.2, 0.25) is 0 Å². The first-order valence-electron chi connectivity index (χ1n) is 4.85. The Morgan fingerprint density at radius 3 is 2.94 bits per heavy atom. The molecule has 84 valence electrons. The Bertz CT molecular complexity index is 542. The second kappa shape index (κ2) is 4.18. The van der Waals surface area contributed by atoms with Crippen molar-refractivity contribution < 1.29 is 13.9 Å². The summed E-state index contributed by atoms with van der Waals surface area (Å²) in [5.74, 6) is -0.292. The average molecular weight is 239 g/mol. The van der Waals surface area contributed by atoms with E-state index in [9.17, 15) is 4.79 Å². The van der Waals surface area contributed by atoms with Gasteiger partial charge in [0.25, 0.3) is 0 Å². The molecule has 1 heterocycles. The molecular formula is C12H11ClO3. The molecule has 2 rings (SSSR count). The van der Waals surface area contributed by atoms with Gasteiger partial charge >= 0.3 is 5.97 Å². The summed E-state index contributed by atoms with van der Waals surface area (Å²) < 4.78 is 9.98. The Kier molecular flexibility index (Phi) is 2.88. The molecule has 0 aliphatic rings. The minimum Gasteiger partial charge on any atom is -0.469 e. The second-order valence-corrected chi connectivity index (χ2v) is 4.02. The van der Waals surface area contributed by atoms with Crippen LogP contribution in [0.3, 0.4) is 0 Å². The molecule has 0 aliphatic heterocycles. The van der Waals surface area contributed by atoms with Gasteiger partial charge in [0.1, 0.15) is 5.58 Å². The fourth-order valence-corrected chi connectivity index (χ4v) is 1.73. The molecule has 0 N–H and O–H groups in total. The molecule has 4 heteroatoms. The number of methoxy groups -OCH3 is 1. The summed E-state index contributed by atoms with van der Waals surface area (Å²) in [6.07, 6.45) is 1.76. The van der Waals surface area contributed by atoms with Crippen molar-refractivity contribution in [3.63, 3.8) is 0 Å². The number of hydrogen-bond donors (Lipinski definition) is 0. The van der Waals surface area contributed by atoms with Gasteiger partial charge in [0.15, 0.2) is 0 Å². The quantitative estimate of drug-likeness (QED) is 0.755. The van der Waals surface area contributed by atoms with E-state index in [4.69, 9.17) is 16.0 Å². The van der Waals surface area contributed by atoms with Crippen molar-refractivity contribution in [2.75, 3.05) is 7.11 Å². The van der Waals surface area contributed by atoms with Crippen molar-refractivity contribution in [2.45, 2.75) is 13.3 Å². The van der Waals surface area contributed by atoms with Crippen LogP contribution >= 0.6 is 11.6 Å². The van der Waals surface area contributed by atoms with Gasteiger partial charge in [0, 0.05) is 16.0 Å². The molecule has 0 aliphatic carbocycles. The van der Waals surface area contributed by atoms with E-state index in [0.29, 0.717) is 5.02 Å². The SMILES string of the molecule is COC(=O)Cc1coc2cc(C)c(Cl)cc12. The van der Waals surface area contributed by atoms with Crippen LogP contribution in [-0.4, -0.2) is 13.1 Å². The highest BCUT2D eigenvalue weighted by atomic mass is 35.5. The number of carbonyl (C=O) groups is 1. The number of halogens is 1. The van der Waals surface area contributed by atoms with Crippen molar-refractivity contribution in [3.8, 4) is 0 Å². The maximum Gasteiger partial charge on any atom is 0.310 e. The van der Waals surface area contributed by atoms with E-state index in [1.54, 1.807) is 6.26 Å². The molecule has 0 radical (unpaired) electrons. The van der Waals surface area contributed by atoms with Crippen LogP contribution in [0.15, 0.2) is 22.8 Å². The number of benzene rings is 1. The van der Waals surface area contributed by atoms with Crippen molar-refractivity contribution >= 4 is 28.5 Å². The highest BCUT2D eigenvalue weighted by molar-refractivity contribution is 6.32. The van der Waals surface area contributed by atoms with Crippen molar-refractivity contribution in [1.29, 1.82) is 0 Å². The lowest BCUT2D eigenvalue weighted by atomic mass is 10.1. The third-order valence-electron chi connectivity index (χ3n) is 2.50. The van der Waals surface area contributed by atoms with Crippen molar-refractivity contribution in [1.82, 2.24) is 0 Å². The summed E-state index contributed by atoms with van der Waals surface area (Å²) in [7, 11) is 1.36. The van der Waals surface area contributed by atoms with Gasteiger partial charge in [-0.05, 0) is 24.6 Å². The normalized spacial score (nSPS) is 10.7. The van der Waals surface area contributed by atoms with E-state index in [2.05, 4.69) is 4.74 Å². The summed E-state index contributed by atoms with van der Waals surface area (Å²) in [5, 5.41) is 1.53. The highest BCUT2D eigenvalue weighted by Crippen LogP contribution is 2.27. The largest absolute Gasteiger partial charge is 0.469 e. The molecule has 0 fully saturated rings. The van der Waals surface area contributed by atoms with Crippen LogP contribution in [0.5, 0.6) is 0 Å². The van der Waals surface area contributed by atoms with Crippen LogP contribution in [-0.2, 0) is 16.0 Å². The highest BCUT2D eigenvalue weighted by Gasteiger charge is 2.11. The fraction of sp³-hybridized carbons (Fsp3) is 0.250. The molecule has 2 aromatic rings. The smallest absolute Gasteiger partial charge is 0.310 e. The Labute approximate surface area is 97.9 Å². The van der Waals surface area contributed by atoms with E-state index < -0.39 is 0 Å². The molecule has 1 aromatic heterocycles. The van der Waals surface area contributed by atoms with Crippen LogP contribution < -0.4 is 0 Å². The summed E-state index contributed by atoms with van der Waals surface area (Å²) >= 11 is 6.03. The second-order valence-electron chi connectivity index (χ2n) is 3.61. The Hall–Kier alpha value is -1.48. The predicted octanol–water partition coefficient (Wildman–Crippen LogP) is 3.11. The maximum atomic E-state index is 11.2. The van der Waals surface area contributed by atoms with E-state index in [0.717, 1.165) is 22.1 Å². The van der Waals surface area contributed by atoms with E-state index in [1.165, 1.54) is 7.11 Å². The monoisotopic (exact) mass is 238 g/mol. The number of furan rings is 1. The molecule has 0 bridgehead atoms. The third-order valence-corrected chi connectivity index (χ3v) is 2.90. The molecule has 0 amide bonds.